The van der Waals surface area contributed by atoms with E-state index in [1.807, 2.05) is 28.6 Å². The quantitative estimate of drug-likeness (QED) is 0.675. The fourth-order valence-corrected chi connectivity index (χ4v) is 3.94. The summed E-state index contributed by atoms with van der Waals surface area (Å²) in [4.78, 5) is 14.8. The first-order chi connectivity index (χ1) is 10.2. The lowest BCUT2D eigenvalue weighted by atomic mass is 10.00. The lowest BCUT2D eigenvalue weighted by Crippen LogP contribution is -2.36. The summed E-state index contributed by atoms with van der Waals surface area (Å²) < 4.78 is 3.19. The second kappa shape index (κ2) is 4.74. The number of fused-ring (bicyclic) bond motifs is 2. The molecule has 1 aliphatic rings. The minimum absolute atomic E-state index is 0.135. The van der Waals surface area contributed by atoms with E-state index >= 15 is 0 Å². The first-order valence-corrected chi connectivity index (χ1v) is 8.01. The number of nitrogens with zero attached hydrogens (tertiary/aromatic N) is 2. The first-order valence-electron chi connectivity index (χ1n) is 7.13. The number of rotatable bonds is 1. The fraction of sp³-hybridized carbons (Fsp3) is 0.235. The van der Waals surface area contributed by atoms with Crippen LogP contribution in [0.4, 0.5) is 0 Å². The zero-order chi connectivity index (χ0) is 14.4. The molecule has 4 rings (SSSR count). The Kier molecular flexibility index (Phi) is 2.86. The maximum atomic E-state index is 12.8. The Bertz CT molecular complexity index is 830. The highest BCUT2D eigenvalue weighted by atomic mass is 32.1. The molecular formula is C17H16N2OS. The van der Waals surface area contributed by atoms with E-state index in [0.717, 1.165) is 24.2 Å². The summed E-state index contributed by atoms with van der Waals surface area (Å²) in [6.45, 7) is 1.52. The van der Waals surface area contributed by atoms with Crippen LogP contribution in [-0.2, 0) is 20.0 Å². The Balaban J connectivity index is 1.66. The van der Waals surface area contributed by atoms with Gasteiger partial charge < -0.3 is 9.47 Å². The van der Waals surface area contributed by atoms with Gasteiger partial charge in [0, 0.05) is 20.1 Å². The summed E-state index contributed by atoms with van der Waals surface area (Å²) in [7, 11) is 1.97. The molecule has 0 saturated heterocycles. The Morgan fingerprint density at radius 1 is 1.19 bits per heavy atom. The molecule has 1 aliphatic heterocycles. The summed E-state index contributed by atoms with van der Waals surface area (Å²) in [6.07, 6.45) is 0.945. The summed E-state index contributed by atoms with van der Waals surface area (Å²) in [6, 6.07) is 12.5. The molecule has 0 N–H and O–H groups in total. The van der Waals surface area contributed by atoms with E-state index in [1.54, 1.807) is 11.3 Å². The average Bonchev–Trinajstić information content (AvgIpc) is 3.09. The molecule has 0 saturated carbocycles. The standard InChI is InChI=1S/C17H16N2OS/c1-18-14-7-9-21-16(14)10-15(18)17(20)19-8-6-12-4-2-3-5-13(12)11-19/h2-5,7,9-10H,6,8,11H2,1H3. The third-order valence-corrected chi connectivity index (χ3v) is 5.15. The average molecular weight is 296 g/mol. The van der Waals surface area contributed by atoms with Crippen LogP contribution in [0.3, 0.4) is 0 Å². The van der Waals surface area contributed by atoms with Crippen molar-refractivity contribution in [2.75, 3.05) is 6.54 Å². The van der Waals surface area contributed by atoms with Crippen LogP contribution in [0.2, 0.25) is 0 Å². The molecular weight excluding hydrogens is 280 g/mol. The molecule has 1 amide bonds. The van der Waals surface area contributed by atoms with Crippen LogP contribution in [-0.4, -0.2) is 21.9 Å². The van der Waals surface area contributed by atoms with Gasteiger partial charge in [0.2, 0.25) is 0 Å². The van der Waals surface area contributed by atoms with Crippen LogP contribution in [0.1, 0.15) is 21.6 Å². The molecule has 0 unspecified atom stereocenters. The van der Waals surface area contributed by atoms with E-state index in [9.17, 15) is 4.79 Å². The molecule has 3 nitrogen and oxygen atoms in total. The molecule has 3 heterocycles. The smallest absolute Gasteiger partial charge is 0.270 e. The summed E-state index contributed by atoms with van der Waals surface area (Å²) in [5, 5.41) is 2.07. The Hall–Kier alpha value is -2.07. The van der Waals surface area contributed by atoms with Gasteiger partial charge in [0.25, 0.3) is 5.91 Å². The minimum atomic E-state index is 0.135. The zero-order valence-electron chi connectivity index (χ0n) is 11.9. The predicted molar refractivity (Wildman–Crippen MR) is 85.7 cm³/mol. The van der Waals surface area contributed by atoms with Crippen molar-refractivity contribution in [2.45, 2.75) is 13.0 Å². The second-order valence-corrected chi connectivity index (χ2v) is 6.45. The van der Waals surface area contributed by atoms with Gasteiger partial charge in [-0.15, -0.1) is 11.3 Å². The van der Waals surface area contributed by atoms with E-state index in [-0.39, 0.29) is 5.91 Å². The number of hydrogen-bond acceptors (Lipinski definition) is 2. The molecule has 0 atom stereocenters. The molecule has 106 valence electrons. The molecule has 4 heteroatoms. The zero-order valence-corrected chi connectivity index (χ0v) is 12.7. The number of thiophene rings is 1. The van der Waals surface area contributed by atoms with Crippen molar-refractivity contribution >= 4 is 27.5 Å². The lowest BCUT2D eigenvalue weighted by Gasteiger charge is -2.29. The van der Waals surface area contributed by atoms with E-state index in [1.165, 1.54) is 15.8 Å². The maximum absolute atomic E-state index is 12.8. The van der Waals surface area contributed by atoms with E-state index in [0.29, 0.717) is 6.54 Å². The number of amides is 1. The van der Waals surface area contributed by atoms with E-state index in [2.05, 4.69) is 29.6 Å². The van der Waals surface area contributed by atoms with Crippen molar-refractivity contribution in [2.24, 2.45) is 7.05 Å². The third-order valence-electron chi connectivity index (χ3n) is 4.30. The van der Waals surface area contributed by atoms with Crippen LogP contribution < -0.4 is 0 Å². The Morgan fingerprint density at radius 3 is 2.81 bits per heavy atom. The highest BCUT2D eigenvalue weighted by molar-refractivity contribution is 7.17. The van der Waals surface area contributed by atoms with Gasteiger partial charge in [0.1, 0.15) is 5.69 Å². The molecule has 21 heavy (non-hydrogen) atoms. The monoisotopic (exact) mass is 296 g/mol. The highest BCUT2D eigenvalue weighted by Gasteiger charge is 2.24. The van der Waals surface area contributed by atoms with E-state index < -0.39 is 0 Å². The number of carbonyl (C=O) groups is 1. The maximum Gasteiger partial charge on any atom is 0.270 e. The van der Waals surface area contributed by atoms with Crippen molar-refractivity contribution in [3.8, 4) is 0 Å². The molecule has 0 radical (unpaired) electrons. The molecule has 0 bridgehead atoms. The van der Waals surface area contributed by atoms with Crippen molar-refractivity contribution in [3.63, 3.8) is 0 Å². The summed E-state index contributed by atoms with van der Waals surface area (Å²) in [5.74, 6) is 0.135. The number of aromatic nitrogens is 1. The Morgan fingerprint density at radius 2 is 2.00 bits per heavy atom. The molecule has 0 spiro atoms. The molecule has 0 fully saturated rings. The van der Waals surface area contributed by atoms with Crippen LogP contribution in [0.15, 0.2) is 41.8 Å². The number of benzene rings is 1. The van der Waals surface area contributed by atoms with Crippen molar-refractivity contribution in [1.29, 1.82) is 0 Å². The lowest BCUT2D eigenvalue weighted by molar-refractivity contribution is 0.0725. The summed E-state index contributed by atoms with van der Waals surface area (Å²) in [5.41, 5.74) is 4.57. The van der Waals surface area contributed by atoms with E-state index in [4.69, 9.17) is 0 Å². The highest BCUT2D eigenvalue weighted by Crippen LogP contribution is 2.26. The third kappa shape index (κ3) is 1.98. The van der Waals surface area contributed by atoms with Gasteiger partial charge in [-0.3, -0.25) is 4.79 Å². The largest absolute Gasteiger partial charge is 0.339 e. The van der Waals surface area contributed by atoms with Crippen LogP contribution in [0.25, 0.3) is 10.2 Å². The fourth-order valence-electron chi connectivity index (χ4n) is 3.09. The summed E-state index contributed by atoms with van der Waals surface area (Å²) >= 11 is 1.68. The van der Waals surface area contributed by atoms with Gasteiger partial charge in [-0.2, -0.15) is 0 Å². The van der Waals surface area contributed by atoms with Gasteiger partial charge in [-0.05, 0) is 35.1 Å². The topological polar surface area (TPSA) is 25.2 Å². The van der Waals surface area contributed by atoms with Crippen LogP contribution in [0, 0.1) is 0 Å². The molecule has 3 aromatic rings. The van der Waals surface area contributed by atoms with Gasteiger partial charge in [-0.1, -0.05) is 24.3 Å². The van der Waals surface area contributed by atoms with Crippen LogP contribution >= 0.6 is 11.3 Å². The predicted octanol–water partition coefficient (Wildman–Crippen LogP) is 3.44. The number of hydrogen-bond donors (Lipinski definition) is 0. The van der Waals surface area contributed by atoms with Crippen LogP contribution in [0.5, 0.6) is 0 Å². The van der Waals surface area contributed by atoms with Crippen molar-refractivity contribution in [1.82, 2.24) is 9.47 Å². The SMILES string of the molecule is Cn1c(C(=O)N2CCc3ccccc3C2)cc2sccc21. The number of carbonyl (C=O) groups excluding carboxylic acids is 1. The Labute approximate surface area is 127 Å². The normalized spacial score (nSPS) is 14.4. The van der Waals surface area contributed by atoms with Gasteiger partial charge in [0.05, 0.1) is 10.2 Å². The number of aryl methyl sites for hydroxylation is 1. The molecule has 2 aromatic heterocycles. The molecule has 1 aromatic carbocycles. The van der Waals surface area contributed by atoms with Gasteiger partial charge in [-0.25, -0.2) is 0 Å². The van der Waals surface area contributed by atoms with Crippen molar-refractivity contribution < 1.29 is 4.79 Å². The molecule has 0 aliphatic carbocycles. The minimum Gasteiger partial charge on any atom is -0.339 e. The first kappa shape index (κ1) is 12.7. The van der Waals surface area contributed by atoms with Gasteiger partial charge >= 0.3 is 0 Å². The second-order valence-electron chi connectivity index (χ2n) is 5.50. The van der Waals surface area contributed by atoms with Gasteiger partial charge in [0.15, 0.2) is 0 Å². The van der Waals surface area contributed by atoms with Crippen molar-refractivity contribution in [3.05, 3.63) is 58.6 Å².